The van der Waals surface area contributed by atoms with Gasteiger partial charge in [0, 0.05) is 11.6 Å². The van der Waals surface area contributed by atoms with E-state index >= 15 is 0 Å². The summed E-state index contributed by atoms with van der Waals surface area (Å²) in [7, 11) is 0. The predicted octanol–water partition coefficient (Wildman–Crippen LogP) is 1.85. The number of allylic oxidation sites excluding steroid dienone is 1. The van der Waals surface area contributed by atoms with Crippen LogP contribution in [-0.2, 0) is 0 Å². The van der Waals surface area contributed by atoms with E-state index in [1.165, 1.54) is 6.42 Å². The van der Waals surface area contributed by atoms with E-state index in [2.05, 4.69) is 6.58 Å². The molecule has 0 radical (unpaired) electrons. The molecule has 1 nitrogen and oxygen atoms in total. The van der Waals surface area contributed by atoms with E-state index in [9.17, 15) is 0 Å². The molecular weight excluding hydrogens is 110 g/mol. The lowest BCUT2D eigenvalue weighted by molar-refractivity contribution is 0.129. The van der Waals surface area contributed by atoms with Crippen molar-refractivity contribution in [3.8, 4) is 0 Å². The van der Waals surface area contributed by atoms with Crippen molar-refractivity contribution >= 4 is 5.71 Å². The Balaban J connectivity index is 2.06. The molecule has 2 aliphatic rings. The molecule has 2 saturated carbocycles. The minimum Gasteiger partial charge on any atom is -0.309 e. The van der Waals surface area contributed by atoms with Crippen LogP contribution in [0.25, 0.3) is 0 Å². The van der Waals surface area contributed by atoms with Gasteiger partial charge in [0.2, 0.25) is 0 Å². The Morgan fingerprint density at radius 1 is 1.67 bits per heavy atom. The first-order valence-electron chi connectivity index (χ1n) is 3.53. The second kappa shape index (κ2) is 1.47. The fourth-order valence-electron chi connectivity index (χ4n) is 2.05. The van der Waals surface area contributed by atoms with Crippen molar-refractivity contribution < 1.29 is 0 Å². The van der Waals surface area contributed by atoms with Gasteiger partial charge in [0.1, 0.15) is 0 Å². The molecule has 0 heterocycles. The van der Waals surface area contributed by atoms with Gasteiger partial charge in [0.05, 0.1) is 0 Å². The molecule has 0 saturated heterocycles. The third-order valence-corrected chi connectivity index (χ3v) is 2.73. The average Bonchev–Trinajstić information content (AvgIpc) is 1.80. The Bertz CT molecular complexity index is 171. The smallest absolute Gasteiger partial charge is 0.0132 e. The lowest BCUT2D eigenvalue weighted by Gasteiger charge is -2.52. The first-order chi connectivity index (χ1) is 4.33. The van der Waals surface area contributed by atoms with Crippen LogP contribution in [0.1, 0.15) is 12.8 Å². The molecule has 0 amide bonds. The highest BCUT2D eigenvalue weighted by Gasteiger charge is 2.49. The summed E-state index contributed by atoms with van der Waals surface area (Å²) in [4.78, 5) is 0. The van der Waals surface area contributed by atoms with Gasteiger partial charge in [-0.2, -0.15) is 0 Å². The molecule has 1 N–H and O–H groups in total. The Morgan fingerprint density at radius 2 is 2.44 bits per heavy atom. The highest BCUT2D eigenvalue weighted by atomic mass is 14.6. The van der Waals surface area contributed by atoms with Gasteiger partial charge < -0.3 is 5.41 Å². The van der Waals surface area contributed by atoms with Crippen LogP contribution in [0.2, 0.25) is 0 Å². The molecule has 0 aromatic heterocycles. The molecule has 2 rings (SSSR count). The molecule has 0 spiro atoms. The molecule has 1 heteroatoms. The van der Waals surface area contributed by atoms with Crippen LogP contribution in [0, 0.1) is 23.2 Å². The molecule has 2 fully saturated rings. The van der Waals surface area contributed by atoms with E-state index in [1.807, 2.05) is 6.08 Å². The number of fused-ring (bicyclic) bond motifs is 1. The SMILES string of the molecule is C=CC1CC2CC(=N)C12. The van der Waals surface area contributed by atoms with Gasteiger partial charge >= 0.3 is 0 Å². The minimum absolute atomic E-state index is 0.627. The largest absolute Gasteiger partial charge is 0.309 e. The summed E-state index contributed by atoms with van der Waals surface area (Å²) < 4.78 is 0. The summed E-state index contributed by atoms with van der Waals surface area (Å²) >= 11 is 0. The molecular formula is C8H11N. The van der Waals surface area contributed by atoms with E-state index in [4.69, 9.17) is 5.41 Å². The molecule has 9 heavy (non-hydrogen) atoms. The van der Waals surface area contributed by atoms with Gasteiger partial charge in [-0.3, -0.25) is 0 Å². The van der Waals surface area contributed by atoms with Crippen LogP contribution < -0.4 is 0 Å². The zero-order chi connectivity index (χ0) is 6.43. The number of rotatable bonds is 1. The Hall–Kier alpha value is -0.590. The standard InChI is InChI=1S/C8H11N/c1-2-5-3-6-4-7(9)8(5)6/h2,5-6,8-9H,1,3-4H2. The van der Waals surface area contributed by atoms with Gasteiger partial charge in [0.15, 0.2) is 0 Å². The van der Waals surface area contributed by atoms with Crippen molar-refractivity contribution in [2.75, 3.05) is 0 Å². The van der Waals surface area contributed by atoms with E-state index in [-0.39, 0.29) is 0 Å². The number of nitrogens with one attached hydrogen (secondary N) is 1. The van der Waals surface area contributed by atoms with Crippen molar-refractivity contribution in [2.24, 2.45) is 17.8 Å². The lowest BCUT2D eigenvalue weighted by atomic mass is 9.52. The topological polar surface area (TPSA) is 23.9 Å². The molecule has 3 unspecified atom stereocenters. The summed E-state index contributed by atoms with van der Waals surface area (Å²) in [5.41, 5.74) is 0.969. The van der Waals surface area contributed by atoms with Crippen molar-refractivity contribution in [2.45, 2.75) is 12.8 Å². The summed E-state index contributed by atoms with van der Waals surface area (Å²) in [6.07, 6.45) is 4.39. The van der Waals surface area contributed by atoms with Gasteiger partial charge in [0.25, 0.3) is 0 Å². The molecule has 3 atom stereocenters. The molecule has 48 valence electrons. The van der Waals surface area contributed by atoms with Crippen molar-refractivity contribution in [1.29, 1.82) is 5.41 Å². The summed E-state index contributed by atoms with van der Waals surface area (Å²) in [5.74, 6) is 2.17. The van der Waals surface area contributed by atoms with Gasteiger partial charge in [-0.15, -0.1) is 6.58 Å². The molecule has 0 aromatic carbocycles. The fourth-order valence-corrected chi connectivity index (χ4v) is 2.05. The molecule has 0 aliphatic heterocycles. The third kappa shape index (κ3) is 0.473. The van der Waals surface area contributed by atoms with E-state index in [1.54, 1.807) is 0 Å². The average molecular weight is 121 g/mol. The van der Waals surface area contributed by atoms with Crippen LogP contribution in [0.15, 0.2) is 12.7 Å². The van der Waals surface area contributed by atoms with Gasteiger partial charge in [-0.05, 0) is 24.7 Å². The van der Waals surface area contributed by atoms with E-state index < -0.39 is 0 Å². The second-order valence-corrected chi connectivity index (χ2v) is 3.15. The fraction of sp³-hybridized carbons (Fsp3) is 0.625. The monoisotopic (exact) mass is 121 g/mol. The van der Waals surface area contributed by atoms with E-state index in [0.717, 1.165) is 18.1 Å². The summed E-state index contributed by atoms with van der Waals surface area (Å²) in [6, 6.07) is 0. The molecule has 2 aliphatic carbocycles. The Kier molecular flexibility index (Phi) is 0.850. The number of hydrogen-bond acceptors (Lipinski definition) is 1. The van der Waals surface area contributed by atoms with Crippen LogP contribution in [-0.4, -0.2) is 5.71 Å². The van der Waals surface area contributed by atoms with Crippen LogP contribution in [0.3, 0.4) is 0 Å². The summed E-state index contributed by atoms with van der Waals surface area (Å²) in [5, 5.41) is 7.40. The summed E-state index contributed by atoms with van der Waals surface area (Å²) in [6.45, 7) is 3.74. The van der Waals surface area contributed by atoms with Crippen LogP contribution >= 0.6 is 0 Å². The first-order valence-corrected chi connectivity index (χ1v) is 3.53. The lowest BCUT2D eigenvalue weighted by Crippen LogP contribution is -2.50. The molecule has 0 aromatic rings. The molecule has 0 bridgehead atoms. The van der Waals surface area contributed by atoms with Gasteiger partial charge in [-0.25, -0.2) is 0 Å². The van der Waals surface area contributed by atoms with Crippen molar-refractivity contribution in [1.82, 2.24) is 0 Å². The van der Waals surface area contributed by atoms with Crippen LogP contribution in [0.4, 0.5) is 0 Å². The Morgan fingerprint density at radius 3 is 2.78 bits per heavy atom. The second-order valence-electron chi connectivity index (χ2n) is 3.15. The minimum atomic E-state index is 0.627. The van der Waals surface area contributed by atoms with Crippen molar-refractivity contribution in [3.63, 3.8) is 0 Å². The zero-order valence-corrected chi connectivity index (χ0v) is 5.43. The first kappa shape index (κ1) is 5.21. The van der Waals surface area contributed by atoms with E-state index in [0.29, 0.717) is 11.8 Å². The number of hydrogen-bond donors (Lipinski definition) is 1. The Labute approximate surface area is 55.3 Å². The maximum atomic E-state index is 7.40. The predicted molar refractivity (Wildman–Crippen MR) is 37.6 cm³/mol. The maximum absolute atomic E-state index is 7.40. The third-order valence-electron chi connectivity index (χ3n) is 2.73. The highest BCUT2D eigenvalue weighted by molar-refractivity contribution is 5.91. The highest BCUT2D eigenvalue weighted by Crippen LogP contribution is 2.52. The normalized spacial score (nSPS) is 46.7. The van der Waals surface area contributed by atoms with Crippen molar-refractivity contribution in [3.05, 3.63) is 12.7 Å². The maximum Gasteiger partial charge on any atom is 0.0132 e. The zero-order valence-electron chi connectivity index (χ0n) is 5.43. The quantitative estimate of drug-likeness (QED) is 0.512. The van der Waals surface area contributed by atoms with Gasteiger partial charge in [-0.1, -0.05) is 6.08 Å². The van der Waals surface area contributed by atoms with Crippen LogP contribution in [0.5, 0.6) is 0 Å².